The third-order valence-corrected chi connectivity index (χ3v) is 3.84. The van der Waals surface area contributed by atoms with Crippen LogP contribution in [0.25, 0.3) is 11.4 Å². The van der Waals surface area contributed by atoms with Gasteiger partial charge in [-0.15, -0.1) is 0 Å². The molecule has 2 rings (SSSR count). The largest absolute Gasteiger partial charge is 0.477 e. The van der Waals surface area contributed by atoms with E-state index in [4.69, 9.17) is 5.11 Å². The normalized spacial score (nSPS) is 11.4. The highest BCUT2D eigenvalue weighted by atomic mass is 32.2. The molecule has 2 heterocycles. The number of carboxylic acid groups (broad SMARTS) is 1. The molecule has 0 aliphatic carbocycles. The van der Waals surface area contributed by atoms with Gasteiger partial charge in [-0.3, -0.25) is 0 Å². The minimum atomic E-state index is -3.48. The van der Waals surface area contributed by atoms with Crippen molar-refractivity contribution in [3.63, 3.8) is 0 Å². The van der Waals surface area contributed by atoms with E-state index in [0.717, 1.165) is 4.09 Å². The lowest BCUT2D eigenvalue weighted by molar-refractivity contribution is 0.0690. The van der Waals surface area contributed by atoms with Gasteiger partial charge in [0.2, 0.25) is 0 Å². The molecular formula is C10H10N4O4S. The van der Waals surface area contributed by atoms with E-state index in [-0.39, 0.29) is 17.3 Å². The number of aromatic nitrogens is 4. The third-order valence-electron chi connectivity index (χ3n) is 2.34. The van der Waals surface area contributed by atoms with Crippen LogP contribution < -0.4 is 0 Å². The molecule has 0 saturated carbocycles. The molecule has 0 aliphatic heterocycles. The Morgan fingerprint density at radius 3 is 2.84 bits per heavy atom. The summed E-state index contributed by atoms with van der Waals surface area (Å²) in [5, 5.41) is 12.5. The topological polar surface area (TPSA) is 115 Å². The van der Waals surface area contributed by atoms with Crippen molar-refractivity contribution in [2.24, 2.45) is 0 Å². The Kier molecular flexibility index (Phi) is 3.30. The zero-order valence-electron chi connectivity index (χ0n) is 9.89. The molecule has 9 heteroatoms. The van der Waals surface area contributed by atoms with Crippen LogP contribution in [0.4, 0.5) is 0 Å². The standard InChI is InChI=1S/C10H10N4O4S/c1-2-19(17,18)14-6-7(5-12-14)9-11-4-3-8(13-9)10(15)16/h3-6H,2H2,1H3,(H,15,16). The molecule has 2 aromatic heterocycles. The molecule has 0 amide bonds. The molecule has 8 nitrogen and oxygen atoms in total. The van der Waals surface area contributed by atoms with Gasteiger partial charge in [0.1, 0.15) is 0 Å². The third kappa shape index (κ3) is 2.60. The van der Waals surface area contributed by atoms with Gasteiger partial charge in [-0.2, -0.15) is 9.19 Å². The highest BCUT2D eigenvalue weighted by Gasteiger charge is 2.14. The van der Waals surface area contributed by atoms with Crippen LogP contribution >= 0.6 is 0 Å². The average Bonchev–Trinajstić information content (AvgIpc) is 2.89. The zero-order chi connectivity index (χ0) is 14.0. The lowest BCUT2D eigenvalue weighted by Crippen LogP contribution is -2.14. The summed E-state index contributed by atoms with van der Waals surface area (Å²) in [5.41, 5.74) is 0.163. The van der Waals surface area contributed by atoms with Gasteiger partial charge in [-0.25, -0.2) is 23.2 Å². The summed E-state index contributed by atoms with van der Waals surface area (Å²) in [5.74, 6) is -1.17. The number of rotatable bonds is 4. The first-order valence-corrected chi connectivity index (χ1v) is 6.89. The van der Waals surface area contributed by atoms with Gasteiger partial charge < -0.3 is 5.11 Å². The SMILES string of the molecule is CCS(=O)(=O)n1cc(-c2nccc(C(=O)O)n2)cn1. The van der Waals surface area contributed by atoms with Crippen LogP contribution in [0.15, 0.2) is 24.7 Å². The Morgan fingerprint density at radius 1 is 1.47 bits per heavy atom. The monoisotopic (exact) mass is 282 g/mol. The van der Waals surface area contributed by atoms with Crippen molar-refractivity contribution >= 4 is 16.0 Å². The summed E-state index contributed by atoms with van der Waals surface area (Å²) < 4.78 is 24.0. The summed E-state index contributed by atoms with van der Waals surface area (Å²) >= 11 is 0. The maximum atomic E-state index is 11.6. The van der Waals surface area contributed by atoms with Crippen molar-refractivity contribution < 1.29 is 18.3 Å². The second kappa shape index (κ2) is 4.76. The summed E-state index contributed by atoms with van der Waals surface area (Å²) in [6.07, 6.45) is 3.81. The molecule has 0 radical (unpaired) electrons. The van der Waals surface area contributed by atoms with Gasteiger partial charge in [0.25, 0.3) is 10.0 Å². The molecule has 100 valence electrons. The predicted octanol–water partition coefficient (Wildman–Crippen LogP) is 0.236. The molecule has 0 unspecified atom stereocenters. The van der Waals surface area contributed by atoms with Crippen LogP contribution in [0.3, 0.4) is 0 Å². The van der Waals surface area contributed by atoms with E-state index < -0.39 is 16.0 Å². The molecule has 0 atom stereocenters. The van der Waals surface area contributed by atoms with Crippen molar-refractivity contribution in [3.05, 3.63) is 30.4 Å². The molecule has 2 aromatic rings. The van der Waals surface area contributed by atoms with Crippen LogP contribution in [0.1, 0.15) is 17.4 Å². The Labute approximate surface area is 108 Å². The van der Waals surface area contributed by atoms with Gasteiger partial charge in [-0.05, 0) is 13.0 Å². The first-order chi connectivity index (χ1) is 8.94. The first-order valence-electron chi connectivity index (χ1n) is 5.28. The lowest BCUT2D eigenvalue weighted by Gasteiger charge is -1.99. The minimum Gasteiger partial charge on any atom is -0.477 e. The Balaban J connectivity index is 2.44. The van der Waals surface area contributed by atoms with Gasteiger partial charge in [0, 0.05) is 6.20 Å². The van der Waals surface area contributed by atoms with Crippen LogP contribution in [-0.4, -0.2) is 44.4 Å². The zero-order valence-corrected chi connectivity index (χ0v) is 10.7. The molecule has 1 N–H and O–H groups in total. The molecule has 0 bridgehead atoms. The molecular weight excluding hydrogens is 272 g/mol. The van der Waals surface area contributed by atoms with Crippen molar-refractivity contribution in [1.82, 2.24) is 19.2 Å². The number of carbonyl (C=O) groups is 1. The van der Waals surface area contributed by atoms with E-state index >= 15 is 0 Å². The molecule has 0 spiro atoms. The Bertz CT molecular complexity index is 723. The van der Waals surface area contributed by atoms with Crippen molar-refractivity contribution in [2.75, 3.05) is 5.75 Å². The second-order valence-electron chi connectivity index (χ2n) is 3.57. The number of hydrogen-bond donors (Lipinski definition) is 1. The van der Waals surface area contributed by atoms with E-state index in [1.807, 2.05) is 0 Å². The van der Waals surface area contributed by atoms with Crippen LogP contribution in [0.2, 0.25) is 0 Å². The minimum absolute atomic E-state index is 0.0931. The maximum absolute atomic E-state index is 11.6. The lowest BCUT2D eigenvalue weighted by atomic mass is 10.3. The summed E-state index contributed by atoms with van der Waals surface area (Å²) in [6.45, 7) is 1.50. The van der Waals surface area contributed by atoms with Crippen molar-refractivity contribution in [3.8, 4) is 11.4 Å². The van der Waals surface area contributed by atoms with Crippen molar-refractivity contribution in [2.45, 2.75) is 6.92 Å². The quantitative estimate of drug-likeness (QED) is 0.853. The van der Waals surface area contributed by atoms with E-state index in [1.165, 1.54) is 31.6 Å². The smallest absolute Gasteiger partial charge is 0.354 e. The molecule has 0 aliphatic rings. The summed E-state index contributed by atoms with van der Waals surface area (Å²) in [7, 11) is -3.48. The second-order valence-corrected chi connectivity index (χ2v) is 5.69. The van der Waals surface area contributed by atoms with Crippen LogP contribution in [0.5, 0.6) is 0 Å². The fourth-order valence-electron chi connectivity index (χ4n) is 1.32. The number of carboxylic acids is 1. The van der Waals surface area contributed by atoms with Gasteiger partial charge >= 0.3 is 5.97 Å². The maximum Gasteiger partial charge on any atom is 0.354 e. The molecule has 0 aromatic carbocycles. The van der Waals surface area contributed by atoms with E-state index in [1.54, 1.807) is 0 Å². The number of aromatic carboxylic acids is 1. The number of hydrogen-bond acceptors (Lipinski definition) is 6. The fourth-order valence-corrected chi connectivity index (χ4v) is 2.05. The van der Waals surface area contributed by atoms with Crippen LogP contribution in [-0.2, 0) is 10.0 Å². The summed E-state index contributed by atoms with van der Waals surface area (Å²) in [6, 6.07) is 1.25. The highest BCUT2D eigenvalue weighted by Crippen LogP contribution is 2.14. The van der Waals surface area contributed by atoms with E-state index in [2.05, 4.69) is 15.1 Å². The predicted molar refractivity (Wildman–Crippen MR) is 65.1 cm³/mol. The van der Waals surface area contributed by atoms with Gasteiger partial charge in [0.15, 0.2) is 11.5 Å². The van der Waals surface area contributed by atoms with Gasteiger partial charge in [0.05, 0.1) is 23.7 Å². The summed E-state index contributed by atoms with van der Waals surface area (Å²) in [4.78, 5) is 18.5. The van der Waals surface area contributed by atoms with E-state index in [0.29, 0.717) is 5.56 Å². The molecule has 19 heavy (non-hydrogen) atoms. The Morgan fingerprint density at radius 2 is 2.21 bits per heavy atom. The van der Waals surface area contributed by atoms with E-state index in [9.17, 15) is 13.2 Å². The van der Waals surface area contributed by atoms with Crippen LogP contribution in [0, 0.1) is 0 Å². The highest BCUT2D eigenvalue weighted by molar-refractivity contribution is 7.89. The Hall–Kier alpha value is -2.29. The first kappa shape index (κ1) is 13.1. The van der Waals surface area contributed by atoms with Crippen molar-refractivity contribution in [1.29, 1.82) is 0 Å². The van der Waals surface area contributed by atoms with Gasteiger partial charge in [-0.1, -0.05) is 0 Å². The average molecular weight is 282 g/mol. The molecule has 0 fully saturated rings. The fraction of sp³-hybridized carbons (Fsp3) is 0.200. The number of nitrogens with zero attached hydrogens (tertiary/aromatic N) is 4. The molecule has 0 saturated heterocycles.